The van der Waals surface area contributed by atoms with Gasteiger partial charge in [-0.05, 0) is 63.4 Å². The summed E-state index contributed by atoms with van der Waals surface area (Å²) in [6, 6.07) is 5.89. The van der Waals surface area contributed by atoms with E-state index in [9.17, 15) is 4.79 Å². The second-order valence-corrected chi connectivity index (χ2v) is 7.52. The van der Waals surface area contributed by atoms with Crippen molar-refractivity contribution in [1.82, 2.24) is 9.80 Å². The molecular weight excluding hydrogens is 328 g/mol. The van der Waals surface area contributed by atoms with E-state index in [0.717, 1.165) is 61.5 Å². The molecule has 1 fully saturated rings. The number of nitrogens with zero attached hydrogens (tertiary/aromatic N) is 2. The molecule has 1 aromatic carbocycles. The number of carbonyl (C=O) groups excluding carboxylic acids is 1. The second kappa shape index (κ2) is 7.70. The molecule has 1 aliphatic carbocycles. The molecule has 0 radical (unpaired) electrons. The lowest BCUT2D eigenvalue weighted by Crippen LogP contribution is -2.37. The number of carbonyl (C=O) groups is 1. The van der Waals surface area contributed by atoms with Crippen LogP contribution in [-0.2, 0) is 17.6 Å². The standard InChI is InChI=1S/C21H28N2O3/c1-22(12-13-23-10-4-5-11-23)21(24)15-25-16-8-9-20-18(14-16)17-6-2-3-7-19(17)26-20/h8-9,14H,2-7,10-13,15H2,1H3. The first-order valence-electron chi connectivity index (χ1n) is 9.84. The summed E-state index contributed by atoms with van der Waals surface area (Å²) in [5.41, 5.74) is 2.25. The summed E-state index contributed by atoms with van der Waals surface area (Å²) in [6.07, 6.45) is 7.08. The molecule has 26 heavy (non-hydrogen) atoms. The van der Waals surface area contributed by atoms with Crippen LogP contribution in [-0.4, -0.2) is 55.5 Å². The minimum absolute atomic E-state index is 0.0264. The van der Waals surface area contributed by atoms with Crippen molar-refractivity contribution in [3.63, 3.8) is 0 Å². The number of ether oxygens (including phenoxy) is 1. The average Bonchev–Trinajstić information content (AvgIpc) is 3.31. The second-order valence-electron chi connectivity index (χ2n) is 7.52. The van der Waals surface area contributed by atoms with Crippen LogP contribution >= 0.6 is 0 Å². The Balaban J connectivity index is 1.34. The molecule has 1 saturated heterocycles. The zero-order chi connectivity index (χ0) is 17.9. The average molecular weight is 356 g/mol. The van der Waals surface area contributed by atoms with Crippen molar-refractivity contribution in [2.45, 2.75) is 38.5 Å². The number of rotatable bonds is 6. The first-order chi connectivity index (χ1) is 12.7. The van der Waals surface area contributed by atoms with Crippen LogP contribution in [0.25, 0.3) is 11.0 Å². The number of aryl methyl sites for hydroxylation is 2. The zero-order valence-electron chi connectivity index (χ0n) is 15.6. The highest BCUT2D eigenvalue weighted by Crippen LogP contribution is 2.33. The highest BCUT2D eigenvalue weighted by atomic mass is 16.5. The highest BCUT2D eigenvalue weighted by Gasteiger charge is 2.19. The van der Waals surface area contributed by atoms with Crippen molar-refractivity contribution >= 4 is 16.9 Å². The van der Waals surface area contributed by atoms with E-state index in [1.165, 1.54) is 31.2 Å². The molecule has 1 aliphatic heterocycles. The first-order valence-corrected chi connectivity index (χ1v) is 9.84. The summed E-state index contributed by atoms with van der Waals surface area (Å²) < 4.78 is 11.7. The van der Waals surface area contributed by atoms with E-state index in [0.29, 0.717) is 0 Å². The van der Waals surface area contributed by atoms with Crippen LogP contribution in [0.5, 0.6) is 5.75 Å². The van der Waals surface area contributed by atoms with E-state index in [1.54, 1.807) is 4.90 Å². The summed E-state index contributed by atoms with van der Waals surface area (Å²) >= 11 is 0. The van der Waals surface area contributed by atoms with Gasteiger partial charge in [-0.1, -0.05) is 0 Å². The minimum atomic E-state index is 0.0264. The lowest BCUT2D eigenvalue weighted by molar-refractivity contribution is -0.132. The van der Waals surface area contributed by atoms with Crippen LogP contribution in [0.3, 0.4) is 0 Å². The fourth-order valence-corrected chi connectivity index (χ4v) is 4.01. The maximum atomic E-state index is 12.3. The van der Waals surface area contributed by atoms with E-state index in [1.807, 2.05) is 25.2 Å². The topological polar surface area (TPSA) is 45.9 Å². The fourth-order valence-electron chi connectivity index (χ4n) is 4.01. The molecule has 140 valence electrons. The molecule has 1 aromatic heterocycles. The molecular formula is C21H28N2O3. The van der Waals surface area contributed by atoms with E-state index in [-0.39, 0.29) is 12.5 Å². The van der Waals surface area contributed by atoms with Crippen molar-refractivity contribution in [3.05, 3.63) is 29.5 Å². The van der Waals surface area contributed by atoms with E-state index >= 15 is 0 Å². The largest absolute Gasteiger partial charge is 0.484 e. The number of furan rings is 1. The van der Waals surface area contributed by atoms with Gasteiger partial charge in [0.2, 0.25) is 0 Å². The number of likely N-dealkylation sites (N-methyl/N-ethyl adjacent to an activating group) is 1. The molecule has 2 aromatic rings. The van der Waals surface area contributed by atoms with Gasteiger partial charge in [0.25, 0.3) is 5.91 Å². The van der Waals surface area contributed by atoms with Crippen molar-refractivity contribution in [3.8, 4) is 5.75 Å². The Kier molecular flexibility index (Phi) is 5.16. The van der Waals surface area contributed by atoms with Gasteiger partial charge in [-0.25, -0.2) is 0 Å². The smallest absolute Gasteiger partial charge is 0.260 e. The van der Waals surface area contributed by atoms with Gasteiger partial charge in [0.1, 0.15) is 17.1 Å². The number of hydrogen-bond acceptors (Lipinski definition) is 4. The first kappa shape index (κ1) is 17.4. The van der Waals surface area contributed by atoms with Gasteiger partial charge in [-0.2, -0.15) is 0 Å². The van der Waals surface area contributed by atoms with Gasteiger partial charge in [0.15, 0.2) is 6.61 Å². The van der Waals surface area contributed by atoms with Gasteiger partial charge in [0, 0.05) is 37.5 Å². The molecule has 5 heteroatoms. The third-order valence-corrected chi connectivity index (χ3v) is 5.66. The fraction of sp³-hybridized carbons (Fsp3) is 0.571. The Morgan fingerprint density at radius 3 is 2.85 bits per heavy atom. The lowest BCUT2D eigenvalue weighted by atomic mass is 9.96. The SMILES string of the molecule is CN(CCN1CCCC1)C(=O)COc1ccc2oc3c(c2c1)CCCC3. The summed E-state index contributed by atoms with van der Waals surface area (Å²) in [5.74, 6) is 1.90. The van der Waals surface area contributed by atoms with Gasteiger partial charge >= 0.3 is 0 Å². The van der Waals surface area contributed by atoms with E-state index in [2.05, 4.69) is 4.90 Å². The Morgan fingerprint density at radius 1 is 1.19 bits per heavy atom. The number of likely N-dealkylation sites (tertiary alicyclic amines) is 1. The molecule has 0 saturated carbocycles. The monoisotopic (exact) mass is 356 g/mol. The zero-order valence-corrected chi connectivity index (χ0v) is 15.6. The van der Waals surface area contributed by atoms with Gasteiger partial charge in [-0.15, -0.1) is 0 Å². The van der Waals surface area contributed by atoms with Gasteiger partial charge in [0.05, 0.1) is 0 Å². The quantitative estimate of drug-likeness (QED) is 0.797. The predicted molar refractivity (Wildman–Crippen MR) is 102 cm³/mol. The van der Waals surface area contributed by atoms with E-state index in [4.69, 9.17) is 9.15 Å². The molecule has 2 aliphatic rings. The van der Waals surface area contributed by atoms with Gasteiger partial charge < -0.3 is 19.0 Å². The number of fused-ring (bicyclic) bond motifs is 3. The number of amides is 1. The van der Waals surface area contributed by atoms with Crippen LogP contribution in [0.15, 0.2) is 22.6 Å². The maximum absolute atomic E-state index is 12.3. The summed E-state index contributed by atoms with van der Waals surface area (Å²) in [7, 11) is 1.86. The Morgan fingerprint density at radius 2 is 2.00 bits per heavy atom. The predicted octanol–water partition coefficient (Wildman–Crippen LogP) is 3.24. The molecule has 1 amide bonds. The summed E-state index contributed by atoms with van der Waals surface area (Å²) in [5, 5.41) is 1.15. The third-order valence-electron chi connectivity index (χ3n) is 5.66. The molecule has 0 spiro atoms. The van der Waals surface area contributed by atoms with Crippen LogP contribution < -0.4 is 4.74 Å². The summed E-state index contributed by atoms with van der Waals surface area (Å²) in [4.78, 5) is 16.5. The Bertz CT molecular complexity index is 777. The lowest BCUT2D eigenvalue weighted by Gasteiger charge is -2.21. The van der Waals surface area contributed by atoms with Crippen LogP contribution in [0.1, 0.15) is 37.0 Å². The minimum Gasteiger partial charge on any atom is -0.484 e. The number of hydrogen-bond donors (Lipinski definition) is 0. The molecule has 0 atom stereocenters. The molecule has 5 nitrogen and oxygen atoms in total. The van der Waals surface area contributed by atoms with Crippen molar-refractivity contribution in [2.75, 3.05) is 39.8 Å². The number of benzene rings is 1. The third kappa shape index (κ3) is 3.73. The highest BCUT2D eigenvalue weighted by molar-refractivity contribution is 5.84. The van der Waals surface area contributed by atoms with Gasteiger partial charge in [-0.3, -0.25) is 4.79 Å². The van der Waals surface area contributed by atoms with Crippen molar-refractivity contribution < 1.29 is 13.9 Å². The van der Waals surface area contributed by atoms with Crippen molar-refractivity contribution in [1.29, 1.82) is 0 Å². The van der Waals surface area contributed by atoms with Crippen LogP contribution in [0, 0.1) is 0 Å². The van der Waals surface area contributed by atoms with E-state index < -0.39 is 0 Å². The summed E-state index contributed by atoms with van der Waals surface area (Å²) in [6.45, 7) is 4.12. The molecule has 4 rings (SSSR count). The maximum Gasteiger partial charge on any atom is 0.260 e. The normalized spacial score (nSPS) is 17.4. The molecule has 0 bridgehead atoms. The Labute approximate surface area is 154 Å². The Hall–Kier alpha value is -2.01. The van der Waals surface area contributed by atoms with Crippen LogP contribution in [0.4, 0.5) is 0 Å². The van der Waals surface area contributed by atoms with Crippen LogP contribution in [0.2, 0.25) is 0 Å². The molecule has 0 N–H and O–H groups in total. The molecule has 0 unspecified atom stereocenters. The molecule has 2 heterocycles. The van der Waals surface area contributed by atoms with Crippen molar-refractivity contribution in [2.24, 2.45) is 0 Å².